The smallest absolute Gasteiger partial charge is 0.185 e. The van der Waals surface area contributed by atoms with Gasteiger partial charge >= 0.3 is 0 Å². The Balaban J connectivity index is 2.08. The monoisotopic (exact) mass is 258 g/mol. The number of nitriles is 1. The van der Waals surface area contributed by atoms with E-state index in [1.54, 1.807) is 7.05 Å². The van der Waals surface area contributed by atoms with Gasteiger partial charge in [-0.1, -0.05) is 41.2 Å². The number of aryl methyl sites for hydroxylation is 1. The molecule has 2 aromatic rings. The van der Waals surface area contributed by atoms with Crippen molar-refractivity contribution in [3.05, 3.63) is 40.3 Å². The van der Waals surface area contributed by atoms with Crippen molar-refractivity contribution in [2.45, 2.75) is 13.5 Å². The third-order valence-electron chi connectivity index (χ3n) is 2.52. The molecular formula is C13H14N4S. The Morgan fingerprint density at radius 1 is 1.33 bits per heavy atom. The molecule has 18 heavy (non-hydrogen) atoms. The third kappa shape index (κ3) is 2.79. The lowest BCUT2D eigenvalue weighted by molar-refractivity contribution is 1.12. The zero-order valence-corrected chi connectivity index (χ0v) is 11.1. The van der Waals surface area contributed by atoms with Gasteiger partial charge in [0.05, 0.1) is 0 Å². The molecule has 0 radical (unpaired) electrons. The quantitative estimate of drug-likeness (QED) is 0.885. The van der Waals surface area contributed by atoms with Gasteiger partial charge in [0.2, 0.25) is 0 Å². The van der Waals surface area contributed by atoms with Gasteiger partial charge in [0.25, 0.3) is 0 Å². The molecule has 92 valence electrons. The molecule has 0 saturated heterocycles. The summed E-state index contributed by atoms with van der Waals surface area (Å²) in [6.07, 6.45) is 0. The van der Waals surface area contributed by atoms with Crippen LogP contribution in [-0.2, 0) is 6.54 Å². The number of benzene rings is 1. The first-order chi connectivity index (χ1) is 8.72. The van der Waals surface area contributed by atoms with E-state index in [1.807, 2.05) is 0 Å². The Bertz CT molecular complexity index is 566. The first-order valence-corrected chi connectivity index (χ1v) is 6.42. The molecule has 1 aromatic carbocycles. The van der Waals surface area contributed by atoms with Crippen LogP contribution in [0, 0.1) is 18.3 Å². The molecule has 0 saturated carbocycles. The Kier molecular flexibility index (Phi) is 3.80. The Morgan fingerprint density at radius 2 is 2.06 bits per heavy atom. The van der Waals surface area contributed by atoms with Gasteiger partial charge in [0.1, 0.15) is 6.07 Å². The number of aromatic nitrogens is 1. The van der Waals surface area contributed by atoms with Crippen molar-refractivity contribution >= 4 is 22.3 Å². The van der Waals surface area contributed by atoms with Gasteiger partial charge < -0.3 is 10.6 Å². The summed E-state index contributed by atoms with van der Waals surface area (Å²) in [6, 6.07) is 10.4. The van der Waals surface area contributed by atoms with Gasteiger partial charge in [-0.2, -0.15) is 5.26 Å². The van der Waals surface area contributed by atoms with E-state index in [0.29, 0.717) is 17.2 Å². The molecule has 2 rings (SSSR count). The predicted molar refractivity (Wildman–Crippen MR) is 74.9 cm³/mol. The molecule has 2 N–H and O–H groups in total. The molecule has 0 amide bonds. The fourth-order valence-corrected chi connectivity index (χ4v) is 2.21. The molecule has 1 aromatic heterocycles. The molecule has 0 aliphatic carbocycles. The van der Waals surface area contributed by atoms with E-state index in [2.05, 4.69) is 52.9 Å². The maximum absolute atomic E-state index is 9.01. The minimum atomic E-state index is 0.603. The van der Waals surface area contributed by atoms with Crippen molar-refractivity contribution in [1.82, 2.24) is 4.98 Å². The molecule has 0 bridgehead atoms. The van der Waals surface area contributed by atoms with Crippen LogP contribution >= 0.6 is 11.3 Å². The topological polar surface area (TPSA) is 60.7 Å². The minimum absolute atomic E-state index is 0.603. The number of hydrogen-bond acceptors (Lipinski definition) is 5. The normalized spacial score (nSPS) is 9.83. The molecule has 0 spiro atoms. The average molecular weight is 258 g/mol. The predicted octanol–water partition coefficient (Wildman–Crippen LogP) is 2.98. The van der Waals surface area contributed by atoms with Crippen LogP contribution in [0.3, 0.4) is 0 Å². The lowest BCUT2D eigenvalue weighted by atomic mass is 10.1. The van der Waals surface area contributed by atoms with Crippen LogP contribution in [0.4, 0.5) is 10.9 Å². The molecule has 4 nitrogen and oxygen atoms in total. The van der Waals surface area contributed by atoms with E-state index in [-0.39, 0.29) is 0 Å². The minimum Gasteiger partial charge on any atom is -0.364 e. The largest absolute Gasteiger partial charge is 0.364 e. The maximum atomic E-state index is 9.01. The molecule has 0 unspecified atom stereocenters. The number of rotatable bonds is 4. The molecular weight excluding hydrogens is 244 g/mol. The van der Waals surface area contributed by atoms with Crippen LogP contribution in [0.1, 0.15) is 16.0 Å². The Hall–Kier alpha value is -2.06. The highest BCUT2D eigenvalue weighted by atomic mass is 32.1. The highest BCUT2D eigenvalue weighted by molar-refractivity contribution is 7.16. The molecule has 0 aliphatic rings. The standard InChI is InChI=1S/C13H14N4S/c1-9-3-5-10(6-4-9)8-16-12-11(7-14)18-13(15-2)17-12/h3-6,16H,8H2,1-2H3,(H,15,17). The molecule has 1 heterocycles. The summed E-state index contributed by atoms with van der Waals surface area (Å²) >= 11 is 1.35. The first-order valence-electron chi connectivity index (χ1n) is 5.61. The van der Waals surface area contributed by atoms with Gasteiger partial charge in [-0.25, -0.2) is 4.98 Å². The van der Waals surface area contributed by atoms with E-state index >= 15 is 0 Å². The maximum Gasteiger partial charge on any atom is 0.185 e. The van der Waals surface area contributed by atoms with Crippen molar-refractivity contribution in [3.63, 3.8) is 0 Å². The van der Waals surface area contributed by atoms with E-state index < -0.39 is 0 Å². The average Bonchev–Trinajstić information content (AvgIpc) is 2.80. The summed E-state index contributed by atoms with van der Waals surface area (Å²) in [6.45, 7) is 2.73. The van der Waals surface area contributed by atoms with Gasteiger partial charge in [0.15, 0.2) is 15.8 Å². The van der Waals surface area contributed by atoms with Crippen molar-refractivity contribution in [2.24, 2.45) is 0 Å². The van der Waals surface area contributed by atoms with Crippen molar-refractivity contribution in [3.8, 4) is 6.07 Å². The fraction of sp³-hybridized carbons (Fsp3) is 0.231. The summed E-state index contributed by atoms with van der Waals surface area (Å²) in [4.78, 5) is 4.91. The summed E-state index contributed by atoms with van der Waals surface area (Å²) in [5.41, 5.74) is 2.41. The second kappa shape index (κ2) is 5.52. The summed E-state index contributed by atoms with van der Waals surface area (Å²) in [5, 5.41) is 15.9. The third-order valence-corrected chi connectivity index (χ3v) is 3.50. The van der Waals surface area contributed by atoms with Crippen LogP contribution in [-0.4, -0.2) is 12.0 Å². The van der Waals surface area contributed by atoms with Crippen molar-refractivity contribution in [2.75, 3.05) is 17.7 Å². The van der Waals surface area contributed by atoms with E-state index in [4.69, 9.17) is 5.26 Å². The summed E-state index contributed by atoms with van der Waals surface area (Å²) in [5.74, 6) is 0.646. The van der Waals surface area contributed by atoms with Crippen LogP contribution in [0.2, 0.25) is 0 Å². The molecule has 0 aliphatic heterocycles. The van der Waals surface area contributed by atoms with Gasteiger partial charge in [-0.05, 0) is 12.5 Å². The Labute approximate surface area is 110 Å². The fourth-order valence-electron chi connectivity index (χ4n) is 1.51. The highest BCUT2D eigenvalue weighted by Gasteiger charge is 2.09. The number of nitrogens with one attached hydrogen (secondary N) is 2. The lowest BCUT2D eigenvalue weighted by Gasteiger charge is -2.04. The summed E-state index contributed by atoms with van der Waals surface area (Å²) in [7, 11) is 1.80. The van der Waals surface area contributed by atoms with Crippen LogP contribution in [0.15, 0.2) is 24.3 Å². The second-order valence-corrected chi connectivity index (χ2v) is 4.90. The zero-order chi connectivity index (χ0) is 13.0. The Morgan fingerprint density at radius 3 is 2.67 bits per heavy atom. The zero-order valence-electron chi connectivity index (χ0n) is 10.3. The molecule has 0 atom stereocenters. The van der Waals surface area contributed by atoms with Crippen molar-refractivity contribution in [1.29, 1.82) is 5.26 Å². The van der Waals surface area contributed by atoms with Crippen LogP contribution in [0.25, 0.3) is 0 Å². The number of hydrogen-bond donors (Lipinski definition) is 2. The number of nitrogens with zero attached hydrogens (tertiary/aromatic N) is 2. The highest BCUT2D eigenvalue weighted by Crippen LogP contribution is 2.26. The van der Waals surface area contributed by atoms with E-state index in [0.717, 1.165) is 5.13 Å². The van der Waals surface area contributed by atoms with E-state index in [9.17, 15) is 0 Å². The number of thiazole rings is 1. The van der Waals surface area contributed by atoms with Crippen molar-refractivity contribution < 1.29 is 0 Å². The van der Waals surface area contributed by atoms with Crippen LogP contribution < -0.4 is 10.6 Å². The lowest BCUT2D eigenvalue weighted by Crippen LogP contribution is -2.01. The second-order valence-electron chi connectivity index (χ2n) is 3.90. The van der Waals surface area contributed by atoms with Gasteiger partial charge in [-0.15, -0.1) is 0 Å². The van der Waals surface area contributed by atoms with Gasteiger partial charge in [0, 0.05) is 13.6 Å². The van der Waals surface area contributed by atoms with Gasteiger partial charge in [-0.3, -0.25) is 0 Å². The van der Waals surface area contributed by atoms with Crippen LogP contribution in [0.5, 0.6) is 0 Å². The molecule has 5 heteroatoms. The SMILES string of the molecule is CNc1nc(NCc2ccc(C)cc2)c(C#N)s1. The molecule has 0 fully saturated rings. The first kappa shape index (κ1) is 12.4. The number of anilines is 2. The summed E-state index contributed by atoms with van der Waals surface area (Å²) < 4.78 is 0. The van der Waals surface area contributed by atoms with E-state index in [1.165, 1.54) is 22.5 Å².